The van der Waals surface area contributed by atoms with E-state index < -0.39 is 11.7 Å². The maximum Gasteiger partial charge on any atom is 0.416 e. The van der Waals surface area contributed by atoms with Crippen LogP contribution in [0, 0.1) is 0 Å². The van der Waals surface area contributed by atoms with Gasteiger partial charge < -0.3 is 5.32 Å². The Labute approximate surface area is 159 Å². The smallest absolute Gasteiger partial charge is 0.357 e. The highest BCUT2D eigenvalue weighted by Gasteiger charge is 2.30. The van der Waals surface area contributed by atoms with E-state index in [-0.39, 0.29) is 0 Å². The van der Waals surface area contributed by atoms with Crippen molar-refractivity contribution in [1.29, 1.82) is 0 Å². The van der Waals surface area contributed by atoms with Gasteiger partial charge in [0, 0.05) is 22.7 Å². The zero-order chi connectivity index (χ0) is 18.1. The molecule has 2 heterocycles. The van der Waals surface area contributed by atoms with Gasteiger partial charge in [0.15, 0.2) is 4.34 Å². The summed E-state index contributed by atoms with van der Waals surface area (Å²) in [5.74, 6) is 0.648. The Morgan fingerprint density at radius 2 is 1.92 bits per heavy atom. The van der Waals surface area contributed by atoms with Crippen molar-refractivity contribution in [2.75, 3.05) is 5.32 Å². The van der Waals surface area contributed by atoms with Crippen molar-refractivity contribution in [2.45, 2.75) is 35.2 Å². The number of halogens is 3. The lowest BCUT2D eigenvalue weighted by Gasteiger charge is -2.06. The van der Waals surface area contributed by atoms with Crippen molar-refractivity contribution in [3.05, 3.63) is 40.9 Å². The molecule has 0 amide bonds. The first-order valence-electron chi connectivity index (χ1n) is 7.82. The number of nitrogens with one attached hydrogen (secondary N) is 1. The van der Waals surface area contributed by atoms with Gasteiger partial charge in [0.2, 0.25) is 5.13 Å². The minimum absolute atomic E-state index is 0.547. The molecule has 26 heavy (non-hydrogen) atoms. The number of benzene rings is 1. The van der Waals surface area contributed by atoms with Crippen LogP contribution in [0.3, 0.4) is 0 Å². The van der Waals surface area contributed by atoms with Crippen LogP contribution < -0.4 is 5.32 Å². The summed E-state index contributed by atoms with van der Waals surface area (Å²) in [7, 11) is 0. The van der Waals surface area contributed by atoms with Crippen LogP contribution in [0.1, 0.15) is 24.1 Å². The average molecular weight is 415 g/mol. The fraction of sp³-hybridized carbons (Fsp3) is 0.312. The average Bonchev–Trinajstić information content (AvgIpc) is 3.11. The van der Waals surface area contributed by atoms with Crippen LogP contribution in [-0.4, -0.2) is 21.2 Å². The standard InChI is InChI=1S/C16H13F3N4S3/c17-16(18,19)10-3-1-9(2-4-10)13-20-12(7-24-13)8-25-15-23-22-14(26-15)21-11-5-6-11/h1-4,7,11H,5-6,8H2,(H,21,22). The minimum atomic E-state index is -4.32. The first kappa shape index (κ1) is 17.7. The summed E-state index contributed by atoms with van der Waals surface area (Å²) in [5, 5.41) is 15.1. The largest absolute Gasteiger partial charge is 0.416 e. The molecule has 1 fully saturated rings. The lowest BCUT2D eigenvalue weighted by atomic mass is 10.1. The zero-order valence-corrected chi connectivity index (χ0v) is 15.7. The normalized spacial score (nSPS) is 14.6. The second kappa shape index (κ2) is 7.16. The Morgan fingerprint density at radius 1 is 1.15 bits per heavy atom. The molecule has 1 N–H and O–H groups in total. The van der Waals surface area contributed by atoms with E-state index >= 15 is 0 Å². The first-order chi connectivity index (χ1) is 12.5. The van der Waals surface area contributed by atoms with Gasteiger partial charge in [-0.2, -0.15) is 13.2 Å². The lowest BCUT2D eigenvalue weighted by molar-refractivity contribution is -0.137. The zero-order valence-electron chi connectivity index (χ0n) is 13.3. The molecule has 0 atom stereocenters. The van der Waals surface area contributed by atoms with Crippen molar-refractivity contribution < 1.29 is 13.2 Å². The summed E-state index contributed by atoms with van der Waals surface area (Å²) in [5.41, 5.74) is 0.911. The number of thioether (sulfide) groups is 1. The second-order valence-corrected chi connectivity index (χ2v) is 8.86. The highest BCUT2D eigenvalue weighted by Crippen LogP contribution is 2.34. The molecule has 1 aromatic carbocycles. The summed E-state index contributed by atoms with van der Waals surface area (Å²) in [6.07, 6.45) is -1.95. The van der Waals surface area contributed by atoms with Gasteiger partial charge in [-0.1, -0.05) is 35.2 Å². The second-order valence-electron chi connectivity index (χ2n) is 5.80. The summed E-state index contributed by atoms with van der Waals surface area (Å²) in [4.78, 5) is 4.51. The number of anilines is 1. The van der Waals surface area contributed by atoms with Crippen LogP contribution in [-0.2, 0) is 11.9 Å². The topological polar surface area (TPSA) is 50.7 Å². The van der Waals surface area contributed by atoms with Crippen molar-refractivity contribution in [3.8, 4) is 10.6 Å². The molecule has 136 valence electrons. The molecule has 0 radical (unpaired) electrons. The number of hydrogen-bond donors (Lipinski definition) is 1. The summed E-state index contributed by atoms with van der Waals surface area (Å²) in [6.45, 7) is 0. The molecule has 1 saturated carbocycles. The highest BCUT2D eigenvalue weighted by molar-refractivity contribution is 8.00. The van der Waals surface area contributed by atoms with Gasteiger partial charge >= 0.3 is 6.18 Å². The molecule has 10 heteroatoms. The van der Waals surface area contributed by atoms with E-state index in [2.05, 4.69) is 20.5 Å². The van der Waals surface area contributed by atoms with Crippen molar-refractivity contribution in [3.63, 3.8) is 0 Å². The molecule has 0 unspecified atom stereocenters. The molecule has 0 saturated heterocycles. The van der Waals surface area contributed by atoms with E-state index in [9.17, 15) is 13.2 Å². The van der Waals surface area contributed by atoms with Crippen LogP contribution in [0.25, 0.3) is 10.6 Å². The van der Waals surface area contributed by atoms with Gasteiger partial charge in [0.25, 0.3) is 0 Å². The number of rotatable bonds is 6. The summed E-state index contributed by atoms with van der Waals surface area (Å²) in [6, 6.07) is 5.63. The van der Waals surface area contributed by atoms with Gasteiger partial charge in [-0.15, -0.1) is 21.5 Å². The third kappa shape index (κ3) is 4.36. The number of aromatic nitrogens is 3. The lowest BCUT2D eigenvalue weighted by Crippen LogP contribution is -2.03. The third-order valence-corrected chi connectivity index (χ3v) is 6.63. The van der Waals surface area contributed by atoms with Gasteiger partial charge in [0.05, 0.1) is 11.3 Å². The molecule has 0 aliphatic heterocycles. The van der Waals surface area contributed by atoms with Crippen molar-refractivity contribution >= 4 is 39.6 Å². The van der Waals surface area contributed by atoms with E-state index in [0.717, 1.165) is 27.3 Å². The molecule has 1 aliphatic rings. The number of thiazole rings is 1. The fourth-order valence-corrected chi connectivity index (χ4v) is 4.82. The van der Waals surface area contributed by atoms with Crippen LogP contribution in [0.4, 0.5) is 18.3 Å². The van der Waals surface area contributed by atoms with E-state index in [1.54, 1.807) is 11.8 Å². The van der Waals surface area contributed by atoms with Gasteiger partial charge in [-0.05, 0) is 25.0 Å². The molecule has 4 rings (SSSR count). The first-order valence-corrected chi connectivity index (χ1v) is 10.5. The molecule has 4 nitrogen and oxygen atoms in total. The Hall–Kier alpha value is -1.65. The number of nitrogens with zero attached hydrogens (tertiary/aromatic N) is 3. The Balaban J connectivity index is 1.37. The molecule has 3 aromatic rings. The SMILES string of the molecule is FC(F)(F)c1ccc(-c2nc(CSc3nnc(NC4CC4)s3)cs2)cc1. The fourth-order valence-electron chi connectivity index (χ4n) is 2.17. The molecular weight excluding hydrogens is 401 g/mol. The third-order valence-electron chi connectivity index (χ3n) is 3.67. The molecule has 0 spiro atoms. The van der Waals surface area contributed by atoms with Crippen molar-refractivity contribution in [2.24, 2.45) is 0 Å². The van der Waals surface area contributed by atoms with Crippen LogP contribution >= 0.6 is 34.4 Å². The predicted octanol–water partition coefficient (Wildman–Crippen LogP) is 5.55. The van der Waals surface area contributed by atoms with E-state index in [4.69, 9.17) is 0 Å². The Bertz CT molecular complexity index is 885. The molecular formula is C16H13F3N4S3. The Morgan fingerprint density at radius 3 is 2.62 bits per heavy atom. The number of hydrogen-bond acceptors (Lipinski definition) is 7. The van der Waals surface area contributed by atoms with Crippen molar-refractivity contribution in [1.82, 2.24) is 15.2 Å². The van der Waals surface area contributed by atoms with Gasteiger partial charge in [-0.3, -0.25) is 0 Å². The van der Waals surface area contributed by atoms with Crippen LogP contribution in [0.15, 0.2) is 34.0 Å². The quantitative estimate of drug-likeness (QED) is 0.536. The van der Waals surface area contributed by atoms with E-state index in [1.807, 2.05) is 5.38 Å². The maximum absolute atomic E-state index is 12.6. The maximum atomic E-state index is 12.6. The van der Waals surface area contributed by atoms with Crippen LogP contribution in [0.2, 0.25) is 0 Å². The predicted molar refractivity (Wildman–Crippen MR) is 98.7 cm³/mol. The Kier molecular flexibility index (Phi) is 4.89. The monoisotopic (exact) mass is 414 g/mol. The minimum Gasteiger partial charge on any atom is -0.357 e. The van der Waals surface area contributed by atoms with E-state index in [1.165, 1.54) is 47.6 Å². The number of alkyl halides is 3. The molecule has 2 aromatic heterocycles. The van der Waals surface area contributed by atoms with Crippen LogP contribution in [0.5, 0.6) is 0 Å². The molecule has 0 bridgehead atoms. The summed E-state index contributed by atoms with van der Waals surface area (Å²) >= 11 is 4.51. The molecule has 1 aliphatic carbocycles. The summed E-state index contributed by atoms with van der Waals surface area (Å²) < 4.78 is 38.8. The van der Waals surface area contributed by atoms with E-state index in [0.29, 0.717) is 22.4 Å². The van der Waals surface area contributed by atoms with Gasteiger partial charge in [-0.25, -0.2) is 4.98 Å². The highest BCUT2D eigenvalue weighted by atomic mass is 32.2. The van der Waals surface area contributed by atoms with Gasteiger partial charge in [0.1, 0.15) is 5.01 Å².